The summed E-state index contributed by atoms with van der Waals surface area (Å²) in [6.07, 6.45) is 13.9. The van der Waals surface area contributed by atoms with Gasteiger partial charge in [0.05, 0.1) is 30.9 Å². The molecule has 47 heavy (non-hydrogen) atoms. The molecule has 0 aromatic carbocycles. The van der Waals surface area contributed by atoms with Crippen LogP contribution in [-0.2, 0) is 28.5 Å². The van der Waals surface area contributed by atoms with Crippen LogP contribution in [0, 0.1) is 23.7 Å². The molecule has 0 unspecified atom stereocenters. The van der Waals surface area contributed by atoms with E-state index >= 15 is 0 Å². The largest absolute Gasteiger partial charge is 0.462 e. The monoisotopic (exact) mass is 672 g/mol. The van der Waals surface area contributed by atoms with Crippen LogP contribution in [0.1, 0.15) is 80.6 Å². The second kappa shape index (κ2) is 15.0. The first-order valence-corrected chi connectivity index (χ1v) is 18.7. The Hall–Kier alpha value is -1.72. The predicted octanol–water partition coefficient (Wildman–Crippen LogP) is 6.43. The van der Waals surface area contributed by atoms with Crippen molar-refractivity contribution >= 4 is 17.7 Å². The van der Waals surface area contributed by atoms with Gasteiger partial charge in [0, 0.05) is 25.2 Å². The minimum absolute atomic E-state index is 0.107. The van der Waals surface area contributed by atoms with Gasteiger partial charge in [0.25, 0.3) is 0 Å². The molecular weight excluding hydrogens is 616 g/mol. The fraction of sp³-hybridized carbons (Fsp3) is 0.711. The van der Waals surface area contributed by atoms with Crippen LogP contribution < -0.4 is 0 Å². The Morgan fingerprint density at radius 1 is 1.19 bits per heavy atom. The van der Waals surface area contributed by atoms with Gasteiger partial charge in [-0.05, 0) is 68.4 Å². The number of aliphatic hydroxyl groups is 2. The third-order valence-corrected chi connectivity index (χ3v) is 10.9. The lowest BCUT2D eigenvalue weighted by Gasteiger charge is -2.52. The summed E-state index contributed by atoms with van der Waals surface area (Å²) in [7, 11) is 0. The molecule has 5 rings (SSSR count). The summed E-state index contributed by atoms with van der Waals surface area (Å²) < 4.78 is 32.7. The summed E-state index contributed by atoms with van der Waals surface area (Å²) >= 11 is 1.65. The first-order chi connectivity index (χ1) is 22.3. The fourth-order valence-corrected chi connectivity index (χ4v) is 8.51. The number of carbonyl (C=O) groups is 1. The number of rotatable bonds is 5. The van der Waals surface area contributed by atoms with Crippen molar-refractivity contribution in [1.82, 2.24) is 0 Å². The molecule has 9 heteroatoms. The smallest absolute Gasteiger partial charge is 0.316 e. The van der Waals surface area contributed by atoms with Crippen molar-refractivity contribution in [2.45, 2.75) is 129 Å². The summed E-state index contributed by atoms with van der Waals surface area (Å²) in [5, 5.41) is 23.2. The molecule has 11 atom stereocenters. The van der Waals surface area contributed by atoms with E-state index in [9.17, 15) is 15.0 Å². The Morgan fingerprint density at radius 2 is 1.96 bits per heavy atom. The van der Waals surface area contributed by atoms with Gasteiger partial charge in [-0.25, -0.2) is 0 Å². The second-order valence-electron chi connectivity index (χ2n) is 15.0. The van der Waals surface area contributed by atoms with Crippen molar-refractivity contribution in [2.75, 3.05) is 18.8 Å². The van der Waals surface area contributed by atoms with Crippen LogP contribution in [0.3, 0.4) is 0 Å². The maximum atomic E-state index is 14.2. The summed E-state index contributed by atoms with van der Waals surface area (Å²) in [5.41, 5.74) is 1.81. The first kappa shape index (κ1) is 36.6. The van der Waals surface area contributed by atoms with Crippen LogP contribution in [0.2, 0.25) is 0 Å². The van der Waals surface area contributed by atoms with E-state index in [2.05, 4.69) is 59.8 Å². The van der Waals surface area contributed by atoms with E-state index < -0.39 is 41.6 Å². The minimum Gasteiger partial charge on any atom is -0.462 e. The highest BCUT2D eigenvalue weighted by molar-refractivity contribution is 7.98. The average molecular weight is 673 g/mol. The molecule has 8 nitrogen and oxygen atoms in total. The summed E-state index contributed by atoms with van der Waals surface area (Å²) in [4.78, 5) is 14.2. The molecule has 0 saturated carbocycles. The van der Waals surface area contributed by atoms with Gasteiger partial charge in [-0.2, -0.15) is 0 Å². The van der Waals surface area contributed by atoms with Crippen molar-refractivity contribution in [3.05, 3.63) is 58.7 Å². The van der Waals surface area contributed by atoms with E-state index in [0.717, 1.165) is 12.0 Å². The van der Waals surface area contributed by atoms with Gasteiger partial charge >= 0.3 is 5.97 Å². The number of allylic oxidation sites excluding steroid dienone is 5. The Balaban J connectivity index is 1.54. The highest BCUT2D eigenvalue weighted by Crippen LogP contribution is 2.48. The molecule has 4 aliphatic heterocycles. The number of hydrogen-bond donors (Lipinski definition) is 2. The molecule has 0 aromatic rings. The maximum Gasteiger partial charge on any atom is 0.316 e. The van der Waals surface area contributed by atoms with E-state index in [0.29, 0.717) is 48.7 Å². The SMILES string of the molecule is CSCO[C@H]1C[C@]2(C[C@@H]3C[C@@H](CC=C(C)C[C@@H](C)C=CC=C4CO[C@@H]5[C@H](O)C(C)=C[C@@H](C(=O)O3)[C@]45O)O2)O[C@H](/C(C)=C/C(C)C)[C@H]1C. The topological polar surface area (TPSA) is 104 Å². The molecular formula is C38H56O8S. The van der Waals surface area contributed by atoms with Crippen LogP contribution in [0.5, 0.6) is 0 Å². The molecule has 1 spiro atoms. The zero-order chi connectivity index (χ0) is 34.1. The van der Waals surface area contributed by atoms with Gasteiger partial charge in [-0.15, -0.1) is 11.8 Å². The van der Waals surface area contributed by atoms with E-state index in [4.69, 9.17) is 23.7 Å². The number of thioether (sulfide) groups is 1. The zero-order valence-corrected chi connectivity index (χ0v) is 30.3. The third kappa shape index (κ3) is 7.87. The molecule has 3 saturated heterocycles. The van der Waals surface area contributed by atoms with Crippen LogP contribution >= 0.6 is 11.8 Å². The quantitative estimate of drug-likeness (QED) is 0.194. The molecule has 3 fully saturated rings. The van der Waals surface area contributed by atoms with Crippen molar-refractivity contribution in [1.29, 1.82) is 0 Å². The van der Waals surface area contributed by atoms with Crippen LogP contribution in [-0.4, -0.2) is 83.0 Å². The molecule has 4 heterocycles. The Bertz CT molecular complexity index is 1300. The number of ether oxygens (including phenoxy) is 5. The number of aliphatic hydroxyl groups excluding tert-OH is 1. The zero-order valence-electron chi connectivity index (χ0n) is 29.4. The van der Waals surface area contributed by atoms with Crippen molar-refractivity contribution in [2.24, 2.45) is 23.7 Å². The lowest BCUT2D eigenvalue weighted by Crippen LogP contribution is -2.59. The van der Waals surface area contributed by atoms with Crippen LogP contribution in [0.4, 0.5) is 0 Å². The standard InChI is InChI=1S/C38H56O8S/c1-22(2)14-26(6)34-27(7)32(43-21-47-8)19-37(46-34)18-30-17-29(45-37)13-12-24(4)15-23(3)10-9-11-28-20-42-35-33(39)25(5)16-31(36(40)44-30)38(28,35)41/h9-12,14,16,22-23,27,29-35,39,41H,13,15,17-21H2,1-8H3/b10-9?,24-12?,26-14+,28-11?/t23-,27-,29+,30-,31-,32-,33+,34+,35+,37-,38+/m0/s1. The molecule has 1 aliphatic carbocycles. The molecule has 2 bridgehead atoms. The van der Waals surface area contributed by atoms with Gasteiger partial charge in [0.15, 0.2) is 5.79 Å². The van der Waals surface area contributed by atoms with E-state index in [1.54, 1.807) is 24.8 Å². The summed E-state index contributed by atoms with van der Waals surface area (Å²) in [6, 6.07) is 0. The van der Waals surface area contributed by atoms with Crippen molar-refractivity contribution < 1.29 is 38.7 Å². The normalized spacial score (nSPS) is 41.7. The van der Waals surface area contributed by atoms with Gasteiger partial charge in [-0.1, -0.05) is 69.7 Å². The molecule has 0 aromatic heterocycles. The molecule has 2 N–H and O–H groups in total. The second-order valence-corrected chi connectivity index (χ2v) is 15.8. The summed E-state index contributed by atoms with van der Waals surface area (Å²) in [6.45, 7) is 14.8. The molecule has 5 aliphatic rings. The van der Waals surface area contributed by atoms with Crippen LogP contribution in [0.25, 0.3) is 0 Å². The highest BCUT2D eigenvalue weighted by atomic mass is 32.2. The van der Waals surface area contributed by atoms with Gasteiger partial charge < -0.3 is 33.9 Å². The average Bonchev–Trinajstić information content (AvgIpc) is 3.34. The fourth-order valence-electron chi connectivity index (χ4n) is 8.19. The predicted molar refractivity (Wildman–Crippen MR) is 185 cm³/mol. The molecule has 0 radical (unpaired) electrons. The van der Waals surface area contributed by atoms with Gasteiger partial charge in [0.2, 0.25) is 0 Å². The highest BCUT2D eigenvalue weighted by Gasteiger charge is 2.60. The number of fused-ring (bicyclic) bond motifs is 2. The number of hydrogen-bond acceptors (Lipinski definition) is 9. The molecule has 262 valence electrons. The lowest BCUT2D eigenvalue weighted by molar-refractivity contribution is -0.344. The summed E-state index contributed by atoms with van der Waals surface area (Å²) in [5.74, 6) is -1.30. The maximum absolute atomic E-state index is 14.2. The van der Waals surface area contributed by atoms with Crippen molar-refractivity contribution in [3.63, 3.8) is 0 Å². The van der Waals surface area contributed by atoms with Gasteiger partial charge in [-0.3, -0.25) is 4.79 Å². The lowest BCUT2D eigenvalue weighted by atomic mass is 9.71. The van der Waals surface area contributed by atoms with Crippen LogP contribution in [0.15, 0.2) is 58.7 Å². The number of esters is 1. The minimum atomic E-state index is -1.73. The Morgan fingerprint density at radius 3 is 2.68 bits per heavy atom. The van der Waals surface area contributed by atoms with Crippen molar-refractivity contribution in [3.8, 4) is 0 Å². The van der Waals surface area contributed by atoms with E-state index in [-0.39, 0.29) is 36.8 Å². The van der Waals surface area contributed by atoms with Gasteiger partial charge in [0.1, 0.15) is 29.8 Å². The third-order valence-electron chi connectivity index (χ3n) is 10.5. The molecule has 0 amide bonds. The number of carbonyl (C=O) groups excluding carboxylic acids is 1. The van der Waals surface area contributed by atoms with E-state index in [1.807, 2.05) is 18.4 Å². The Labute approximate surface area is 285 Å². The Kier molecular flexibility index (Phi) is 11.7. The van der Waals surface area contributed by atoms with E-state index in [1.165, 1.54) is 5.57 Å². The first-order valence-electron chi connectivity index (χ1n) is 17.3.